The van der Waals surface area contributed by atoms with Gasteiger partial charge in [0.25, 0.3) is 5.78 Å². The number of fused-ring (bicyclic) bond motifs is 1. The highest BCUT2D eigenvalue weighted by atomic mass is 16.4. The summed E-state index contributed by atoms with van der Waals surface area (Å²) in [5.41, 5.74) is 4.40. The fourth-order valence-electron chi connectivity index (χ4n) is 4.78. The Hall–Kier alpha value is -3.73. The van der Waals surface area contributed by atoms with E-state index in [1.807, 2.05) is 71.6 Å². The monoisotopic (exact) mass is 455 g/mol. The molecule has 1 atom stereocenters. The highest BCUT2D eigenvalue weighted by Crippen LogP contribution is 2.31. The molecule has 0 fully saturated rings. The second-order valence-corrected chi connectivity index (χ2v) is 8.95. The molecule has 34 heavy (non-hydrogen) atoms. The average molecular weight is 456 g/mol. The first kappa shape index (κ1) is 23.4. The number of carboxylic acids is 1. The average Bonchev–Trinajstić information content (AvgIpc) is 2.87. The van der Waals surface area contributed by atoms with Gasteiger partial charge in [-0.2, -0.15) is 0 Å². The van der Waals surface area contributed by atoms with Crippen molar-refractivity contribution in [3.63, 3.8) is 0 Å². The van der Waals surface area contributed by atoms with Crippen LogP contribution in [-0.4, -0.2) is 27.7 Å². The first-order valence-electron chi connectivity index (χ1n) is 11.7. The third-order valence-corrected chi connectivity index (χ3v) is 6.57. The standard InChI is InChI=1S/C29H29NO4/c31-27(30(19-22-8-3-1-4-9-22)20-23-10-5-2-6-11-23)17-15-21-14-16-25-24(18-21)12-7-13-26(25)28(32)29(33)34/h1-13,21H,14-20H2,(H,33,34). The zero-order valence-corrected chi connectivity index (χ0v) is 19.2. The van der Waals surface area contributed by atoms with Crippen molar-refractivity contribution in [2.24, 2.45) is 5.92 Å². The number of hydrogen-bond acceptors (Lipinski definition) is 3. The molecule has 3 aromatic rings. The molecule has 1 N–H and O–H groups in total. The highest BCUT2D eigenvalue weighted by molar-refractivity contribution is 6.40. The Balaban J connectivity index is 1.41. The van der Waals surface area contributed by atoms with E-state index in [1.54, 1.807) is 12.1 Å². The Bertz CT molecular complexity index is 1120. The molecule has 0 spiro atoms. The van der Waals surface area contributed by atoms with Crippen LogP contribution in [-0.2, 0) is 35.5 Å². The number of rotatable bonds is 9. The van der Waals surface area contributed by atoms with Crippen LogP contribution in [0.3, 0.4) is 0 Å². The lowest BCUT2D eigenvalue weighted by molar-refractivity contribution is -0.133. The van der Waals surface area contributed by atoms with E-state index in [2.05, 4.69) is 0 Å². The molecule has 5 heteroatoms. The molecule has 1 aliphatic rings. The number of Topliss-reactive ketones (excluding diaryl/α,β-unsaturated/α-hetero) is 1. The van der Waals surface area contributed by atoms with E-state index in [-0.39, 0.29) is 5.91 Å². The fraction of sp³-hybridized carbons (Fsp3) is 0.276. The summed E-state index contributed by atoms with van der Waals surface area (Å²) in [6.07, 6.45) is 3.52. The maximum atomic E-state index is 13.3. The van der Waals surface area contributed by atoms with Gasteiger partial charge in [0.15, 0.2) is 0 Å². The van der Waals surface area contributed by atoms with Crippen LogP contribution >= 0.6 is 0 Å². The molecule has 3 aromatic carbocycles. The summed E-state index contributed by atoms with van der Waals surface area (Å²) in [6, 6.07) is 25.4. The smallest absolute Gasteiger partial charge is 0.377 e. The van der Waals surface area contributed by atoms with Gasteiger partial charge in [-0.1, -0.05) is 78.9 Å². The zero-order valence-electron chi connectivity index (χ0n) is 19.2. The predicted molar refractivity (Wildman–Crippen MR) is 130 cm³/mol. The van der Waals surface area contributed by atoms with Crippen LogP contribution in [0, 0.1) is 5.92 Å². The molecular weight excluding hydrogens is 426 g/mol. The van der Waals surface area contributed by atoms with Crippen LogP contribution in [0.5, 0.6) is 0 Å². The fourth-order valence-corrected chi connectivity index (χ4v) is 4.78. The van der Waals surface area contributed by atoms with E-state index < -0.39 is 11.8 Å². The minimum atomic E-state index is -1.42. The molecule has 0 saturated heterocycles. The molecular formula is C29H29NO4. The van der Waals surface area contributed by atoms with Crippen molar-refractivity contribution >= 4 is 17.7 Å². The lowest BCUT2D eigenvalue weighted by Crippen LogP contribution is -2.30. The summed E-state index contributed by atoms with van der Waals surface area (Å²) in [4.78, 5) is 38.4. The van der Waals surface area contributed by atoms with E-state index >= 15 is 0 Å². The quantitative estimate of drug-likeness (QED) is 0.361. The highest BCUT2D eigenvalue weighted by Gasteiger charge is 2.26. The van der Waals surface area contributed by atoms with Crippen molar-refractivity contribution in [3.8, 4) is 0 Å². The second-order valence-electron chi connectivity index (χ2n) is 8.95. The first-order valence-corrected chi connectivity index (χ1v) is 11.7. The van der Waals surface area contributed by atoms with Gasteiger partial charge in [0.2, 0.25) is 5.91 Å². The third kappa shape index (κ3) is 5.79. The van der Waals surface area contributed by atoms with Gasteiger partial charge in [0, 0.05) is 25.1 Å². The Morgan fingerprint density at radius 3 is 2.03 bits per heavy atom. The van der Waals surface area contributed by atoms with Crippen molar-refractivity contribution in [3.05, 3.63) is 107 Å². The van der Waals surface area contributed by atoms with Gasteiger partial charge in [-0.15, -0.1) is 0 Å². The minimum Gasteiger partial charge on any atom is -0.475 e. The van der Waals surface area contributed by atoms with Gasteiger partial charge in [0.1, 0.15) is 0 Å². The van der Waals surface area contributed by atoms with E-state index in [4.69, 9.17) is 5.11 Å². The predicted octanol–water partition coefficient (Wildman–Crippen LogP) is 5.07. The summed E-state index contributed by atoms with van der Waals surface area (Å²) in [5.74, 6) is -1.80. The van der Waals surface area contributed by atoms with E-state index in [1.165, 1.54) is 0 Å². The van der Waals surface area contributed by atoms with Crippen LogP contribution in [0.2, 0.25) is 0 Å². The van der Waals surface area contributed by atoms with Crippen LogP contribution in [0.1, 0.15) is 51.9 Å². The van der Waals surface area contributed by atoms with Crippen molar-refractivity contribution in [2.45, 2.75) is 45.2 Å². The van der Waals surface area contributed by atoms with Gasteiger partial charge in [-0.25, -0.2) is 4.79 Å². The van der Waals surface area contributed by atoms with E-state index in [0.29, 0.717) is 37.4 Å². The number of aliphatic carboxylic acids is 1. The molecule has 1 unspecified atom stereocenters. The Morgan fingerprint density at radius 1 is 0.824 bits per heavy atom. The number of benzene rings is 3. The molecule has 0 radical (unpaired) electrons. The number of carbonyl (C=O) groups is 3. The maximum Gasteiger partial charge on any atom is 0.377 e. The van der Waals surface area contributed by atoms with Crippen LogP contribution in [0.15, 0.2) is 78.9 Å². The lowest BCUT2D eigenvalue weighted by Gasteiger charge is -2.27. The molecule has 4 rings (SSSR count). The Kier molecular flexibility index (Phi) is 7.53. The minimum absolute atomic E-state index is 0.133. The Morgan fingerprint density at radius 2 is 1.44 bits per heavy atom. The molecule has 0 heterocycles. The third-order valence-electron chi connectivity index (χ3n) is 6.57. The summed E-state index contributed by atoms with van der Waals surface area (Å²) in [7, 11) is 0. The molecule has 0 aliphatic heterocycles. The number of ketones is 1. The van der Waals surface area contributed by atoms with Crippen LogP contribution in [0.25, 0.3) is 0 Å². The second kappa shape index (κ2) is 10.9. The number of nitrogens with zero attached hydrogens (tertiary/aromatic N) is 1. The summed E-state index contributed by atoms with van der Waals surface area (Å²) in [5, 5.41) is 9.11. The number of amides is 1. The summed E-state index contributed by atoms with van der Waals surface area (Å²) in [6.45, 7) is 1.14. The molecule has 1 amide bonds. The largest absolute Gasteiger partial charge is 0.475 e. The van der Waals surface area contributed by atoms with Gasteiger partial charge in [0.05, 0.1) is 0 Å². The van der Waals surface area contributed by atoms with Gasteiger partial charge in [-0.3, -0.25) is 9.59 Å². The molecule has 0 bridgehead atoms. The number of carbonyl (C=O) groups excluding carboxylic acids is 2. The first-order chi connectivity index (χ1) is 16.5. The Labute approximate surface area is 200 Å². The number of hydrogen-bond donors (Lipinski definition) is 1. The molecule has 1 aliphatic carbocycles. The maximum absolute atomic E-state index is 13.3. The lowest BCUT2D eigenvalue weighted by atomic mass is 9.79. The molecule has 174 valence electrons. The summed E-state index contributed by atoms with van der Waals surface area (Å²) >= 11 is 0. The normalized spacial score (nSPS) is 14.8. The van der Waals surface area contributed by atoms with Gasteiger partial charge >= 0.3 is 5.97 Å². The van der Waals surface area contributed by atoms with E-state index in [0.717, 1.165) is 41.5 Å². The summed E-state index contributed by atoms with van der Waals surface area (Å²) < 4.78 is 0. The number of carboxylic acid groups (broad SMARTS) is 1. The molecule has 5 nitrogen and oxygen atoms in total. The molecule has 0 aromatic heterocycles. The SMILES string of the molecule is O=C(O)C(=O)c1cccc2c1CCC(CCC(=O)N(Cc1ccccc1)Cc1ccccc1)C2. The van der Waals surface area contributed by atoms with Crippen molar-refractivity contribution in [2.75, 3.05) is 0 Å². The van der Waals surface area contributed by atoms with Crippen LogP contribution < -0.4 is 0 Å². The van der Waals surface area contributed by atoms with Crippen molar-refractivity contribution in [1.29, 1.82) is 0 Å². The van der Waals surface area contributed by atoms with Gasteiger partial charge < -0.3 is 10.0 Å². The van der Waals surface area contributed by atoms with Crippen molar-refractivity contribution in [1.82, 2.24) is 4.90 Å². The topological polar surface area (TPSA) is 74.7 Å². The zero-order chi connectivity index (χ0) is 23.9. The van der Waals surface area contributed by atoms with Crippen LogP contribution in [0.4, 0.5) is 0 Å². The van der Waals surface area contributed by atoms with Crippen molar-refractivity contribution < 1.29 is 19.5 Å². The van der Waals surface area contributed by atoms with Gasteiger partial charge in [-0.05, 0) is 53.9 Å². The van der Waals surface area contributed by atoms with E-state index in [9.17, 15) is 14.4 Å². The molecule has 0 saturated carbocycles.